The molecule has 1 heteroatoms. The maximum Gasteiger partial charge on any atom is 0.0570 e. The van der Waals surface area contributed by atoms with E-state index in [0.29, 0.717) is 17.4 Å². The molecule has 1 nitrogen and oxygen atoms in total. The van der Waals surface area contributed by atoms with E-state index in [0.717, 1.165) is 6.61 Å². The minimum atomic E-state index is 0.295. The van der Waals surface area contributed by atoms with Crippen molar-refractivity contribution in [2.24, 2.45) is 11.3 Å². The molecule has 0 aromatic carbocycles. The Morgan fingerprint density at radius 1 is 1.09 bits per heavy atom. The SMILES string of the molecule is CC(C)C(C)OCC(C)(C)C. The normalized spacial score (nSPS) is 15.5. The molecule has 0 N–H and O–H groups in total. The molecule has 0 fully saturated rings. The van der Waals surface area contributed by atoms with Gasteiger partial charge in [0.25, 0.3) is 0 Å². The monoisotopic (exact) mass is 158 g/mol. The highest BCUT2D eigenvalue weighted by atomic mass is 16.5. The third-order valence-electron chi connectivity index (χ3n) is 1.72. The van der Waals surface area contributed by atoms with E-state index in [-0.39, 0.29) is 0 Å². The first kappa shape index (κ1) is 11.0. The summed E-state index contributed by atoms with van der Waals surface area (Å²) >= 11 is 0. The molecule has 0 aromatic rings. The Labute approximate surface area is 71.1 Å². The summed E-state index contributed by atoms with van der Waals surface area (Å²) in [5.41, 5.74) is 0.295. The van der Waals surface area contributed by atoms with E-state index >= 15 is 0 Å². The van der Waals surface area contributed by atoms with E-state index in [1.54, 1.807) is 0 Å². The molecule has 0 saturated carbocycles. The molecule has 68 valence electrons. The van der Waals surface area contributed by atoms with Gasteiger partial charge >= 0.3 is 0 Å². The van der Waals surface area contributed by atoms with Gasteiger partial charge in [0.15, 0.2) is 0 Å². The molecule has 0 aliphatic rings. The van der Waals surface area contributed by atoms with Gasteiger partial charge in [-0.1, -0.05) is 34.6 Å². The fourth-order valence-electron chi connectivity index (χ4n) is 0.574. The van der Waals surface area contributed by atoms with E-state index < -0.39 is 0 Å². The van der Waals surface area contributed by atoms with Crippen LogP contribution in [0.25, 0.3) is 0 Å². The third kappa shape index (κ3) is 6.36. The van der Waals surface area contributed by atoms with E-state index in [4.69, 9.17) is 4.74 Å². The molecule has 0 amide bonds. The molecule has 1 atom stereocenters. The van der Waals surface area contributed by atoms with Gasteiger partial charge in [0.2, 0.25) is 0 Å². The zero-order valence-corrected chi connectivity index (χ0v) is 8.77. The maximum absolute atomic E-state index is 5.67. The topological polar surface area (TPSA) is 9.23 Å². The zero-order valence-electron chi connectivity index (χ0n) is 8.77. The summed E-state index contributed by atoms with van der Waals surface area (Å²) in [4.78, 5) is 0. The first-order chi connectivity index (χ1) is 4.83. The average Bonchev–Trinajstić information content (AvgIpc) is 1.80. The van der Waals surface area contributed by atoms with Crippen LogP contribution in [-0.4, -0.2) is 12.7 Å². The Hall–Kier alpha value is -0.0400. The second-order valence-corrected chi connectivity index (χ2v) is 4.82. The number of hydrogen-bond acceptors (Lipinski definition) is 1. The lowest BCUT2D eigenvalue weighted by atomic mass is 9.98. The van der Waals surface area contributed by atoms with Crippen molar-refractivity contribution in [2.45, 2.75) is 47.6 Å². The van der Waals surface area contributed by atoms with E-state index in [1.165, 1.54) is 0 Å². The summed E-state index contributed by atoms with van der Waals surface area (Å²) in [6.45, 7) is 13.9. The fraction of sp³-hybridized carbons (Fsp3) is 1.00. The predicted octanol–water partition coefficient (Wildman–Crippen LogP) is 3.09. The second kappa shape index (κ2) is 4.10. The van der Waals surface area contributed by atoms with Gasteiger partial charge in [-0.15, -0.1) is 0 Å². The van der Waals surface area contributed by atoms with Crippen molar-refractivity contribution < 1.29 is 4.74 Å². The molecule has 0 bridgehead atoms. The van der Waals surface area contributed by atoms with E-state index in [1.807, 2.05) is 0 Å². The van der Waals surface area contributed by atoms with Crippen molar-refractivity contribution in [1.82, 2.24) is 0 Å². The number of rotatable bonds is 3. The van der Waals surface area contributed by atoms with E-state index in [9.17, 15) is 0 Å². The van der Waals surface area contributed by atoms with Crippen LogP contribution in [0, 0.1) is 11.3 Å². The van der Waals surface area contributed by atoms with Crippen molar-refractivity contribution in [2.75, 3.05) is 6.61 Å². The van der Waals surface area contributed by atoms with Crippen LogP contribution in [0.1, 0.15) is 41.5 Å². The van der Waals surface area contributed by atoms with E-state index in [2.05, 4.69) is 41.5 Å². The summed E-state index contributed by atoms with van der Waals surface area (Å²) in [7, 11) is 0. The largest absolute Gasteiger partial charge is 0.378 e. The van der Waals surface area contributed by atoms with Gasteiger partial charge in [-0.3, -0.25) is 0 Å². The molecule has 0 spiro atoms. The van der Waals surface area contributed by atoms with Gasteiger partial charge in [-0.2, -0.15) is 0 Å². The number of hydrogen-bond donors (Lipinski definition) is 0. The highest BCUT2D eigenvalue weighted by molar-refractivity contribution is 4.62. The van der Waals surface area contributed by atoms with Crippen LogP contribution in [0.3, 0.4) is 0 Å². The van der Waals surface area contributed by atoms with Crippen molar-refractivity contribution in [3.8, 4) is 0 Å². The van der Waals surface area contributed by atoms with Crippen molar-refractivity contribution >= 4 is 0 Å². The van der Waals surface area contributed by atoms with Crippen LogP contribution in [0.2, 0.25) is 0 Å². The van der Waals surface area contributed by atoms with Crippen LogP contribution in [0.5, 0.6) is 0 Å². The average molecular weight is 158 g/mol. The maximum atomic E-state index is 5.67. The van der Waals surface area contributed by atoms with Gasteiger partial charge in [0.05, 0.1) is 12.7 Å². The van der Waals surface area contributed by atoms with Crippen LogP contribution in [-0.2, 0) is 4.74 Å². The number of ether oxygens (including phenoxy) is 1. The molecule has 0 radical (unpaired) electrons. The Kier molecular flexibility index (Phi) is 4.09. The van der Waals surface area contributed by atoms with Gasteiger partial charge in [0.1, 0.15) is 0 Å². The van der Waals surface area contributed by atoms with Crippen LogP contribution in [0.15, 0.2) is 0 Å². The second-order valence-electron chi connectivity index (χ2n) is 4.82. The Morgan fingerprint density at radius 3 is 1.82 bits per heavy atom. The molecule has 0 aromatic heterocycles. The summed E-state index contributed by atoms with van der Waals surface area (Å²) in [6, 6.07) is 0. The summed E-state index contributed by atoms with van der Waals surface area (Å²) in [5.74, 6) is 0.623. The lowest BCUT2D eigenvalue weighted by Crippen LogP contribution is -2.23. The lowest BCUT2D eigenvalue weighted by molar-refractivity contribution is -0.00455. The Balaban J connectivity index is 3.54. The smallest absolute Gasteiger partial charge is 0.0570 e. The van der Waals surface area contributed by atoms with Gasteiger partial charge in [0, 0.05) is 0 Å². The molecule has 0 aliphatic heterocycles. The predicted molar refractivity (Wildman–Crippen MR) is 49.7 cm³/mol. The summed E-state index contributed by atoms with van der Waals surface area (Å²) < 4.78 is 5.67. The molecular weight excluding hydrogens is 136 g/mol. The standard InChI is InChI=1S/C10H22O/c1-8(2)9(3)11-7-10(4,5)6/h8-9H,7H2,1-6H3. The van der Waals surface area contributed by atoms with Crippen LogP contribution < -0.4 is 0 Å². The summed E-state index contributed by atoms with van der Waals surface area (Å²) in [6.07, 6.45) is 0.384. The fourth-order valence-corrected chi connectivity index (χ4v) is 0.574. The lowest BCUT2D eigenvalue weighted by Gasteiger charge is -2.23. The van der Waals surface area contributed by atoms with Crippen molar-refractivity contribution in [3.05, 3.63) is 0 Å². The first-order valence-electron chi connectivity index (χ1n) is 4.44. The molecule has 0 saturated heterocycles. The third-order valence-corrected chi connectivity index (χ3v) is 1.72. The molecular formula is C10H22O. The van der Waals surface area contributed by atoms with Crippen LogP contribution in [0.4, 0.5) is 0 Å². The first-order valence-corrected chi connectivity index (χ1v) is 4.44. The Morgan fingerprint density at radius 2 is 1.55 bits per heavy atom. The van der Waals surface area contributed by atoms with Crippen molar-refractivity contribution in [1.29, 1.82) is 0 Å². The minimum Gasteiger partial charge on any atom is -0.378 e. The summed E-state index contributed by atoms with van der Waals surface area (Å²) in [5, 5.41) is 0. The van der Waals surface area contributed by atoms with Gasteiger partial charge in [-0.25, -0.2) is 0 Å². The molecule has 0 rings (SSSR count). The highest BCUT2D eigenvalue weighted by Crippen LogP contribution is 2.16. The molecule has 0 heterocycles. The Bertz CT molecular complexity index is 99.9. The molecule has 0 aliphatic carbocycles. The van der Waals surface area contributed by atoms with Gasteiger partial charge in [-0.05, 0) is 18.3 Å². The molecule has 1 unspecified atom stereocenters. The minimum absolute atomic E-state index is 0.295. The molecule has 11 heavy (non-hydrogen) atoms. The zero-order chi connectivity index (χ0) is 9.07. The van der Waals surface area contributed by atoms with Crippen molar-refractivity contribution in [3.63, 3.8) is 0 Å². The quantitative estimate of drug-likeness (QED) is 0.613. The van der Waals surface area contributed by atoms with Crippen LogP contribution >= 0.6 is 0 Å². The van der Waals surface area contributed by atoms with Gasteiger partial charge < -0.3 is 4.74 Å². The highest BCUT2D eigenvalue weighted by Gasteiger charge is 2.14.